The second-order valence-corrected chi connectivity index (χ2v) is 21.7. The molecule has 0 nitrogen and oxygen atoms in total. The zero-order valence-electron chi connectivity index (χ0n) is 34.5. The Morgan fingerprint density at radius 3 is 0.460 bits per heavy atom. The van der Waals surface area contributed by atoms with Crippen LogP contribution in [0.4, 0.5) is 0 Å². The smallest absolute Gasteiger partial charge is 0.0354 e. The second kappa shape index (κ2) is 26.7. The third-order valence-electron chi connectivity index (χ3n) is 12.6. The van der Waals surface area contributed by atoms with E-state index in [2.05, 4.69) is 104 Å². The van der Waals surface area contributed by atoms with Crippen molar-refractivity contribution in [2.45, 2.75) is 269 Å². The Bertz CT molecular complexity index is 707. The highest BCUT2D eigenvalue weighted by Crippen LogP contribution is 2.44. The lowest BCUT2D eigenvalue weighted by Crippen LogP contribution is -2.26. The van der Waals surface area contributed by atoms with Crippen LogP contribution in [0.5, 0.6) is 0 Å². The summed E-state index contributed by atoms with van der Waals surface area (Å²) in [4.78, 5) is 0. The Balaban J connectivity index is -0.000000166. The van der Waals surface area contributed by atoms with E-state index in [4.69, 9.17) is 0 Å². The lowest BCUT2D eigenvalue weighted by molar-refractivity contribution is 0.141. The fourth-order valence-corrected chi connectivity index (χ4v) is 8.13. The van der Waals surface area contributed by atoms with Crippen molar-refractivity contribution in [2.24, 2.45) is 56.7 Å². The van der Waals surface area contributed by atoms with Gasteiger partial charge in [0.1, 0.15) is 0 Å². The van der Waals surface area contributed by atoms with Gasteiger partial charge in [-0.1, -0.05) is 205 Å². The van der Waals surface area contributed by atoms with Crippen LogP contribution in [-0.2, 0) is 0 Å². The van der Waals surface area contributed by atoms with Gasteiger partial charge in [-0.2, -0.15) is 0 Å². The predicted octanol–water partition coefficient (Wildman–Crippen LogP) is 19.3. The Morgan fingerprint density at radius 1 is 0.200 bits per heavy atom. The lowest BCUT2D eigenvalue weighted by atomic mass is 9.69. The first-order chi connectivity index (χ1) is 20.5. The topological polar surface area (TPSA) is 0 Å². The van der Waals surface area contributed by atoms with Crippen LogP contribution >= 0.6 is 0 Å². The zero-order chi connectivity index (χ0) is 34.5. The fraction of sp³-hybridized carbons (Fsp3) is 1.00. The zero-order valence-corrected chi connectivity index (χ0v) is 34.5. The summed E-state index contributed by atoms with van der Waals surface area (Å²) in [6.45, 7) is 35.4. The molecule has 5 aliphatic carbocycles. The molecule has 0 aromatic rings. The Labute approximate surface area is 325 Å². The average Bonchev–Trinajstić information content (AvgIpc) is 3.64. The molecule has 5 aliphatic rings. The average molecular weight is 711 g/mol. The van der Waals surface area contributed by atoms with Gasteiger partial charge in [-0.05, 0) is 121 Å². The van der Waals surface area contributed by atoms with Crippen molar-refractivity contribution in [1.82, 2.24) is 0 Å². The van der Waals surface area contributed by atoms with E-state index in [1.54, 1.807) is 0 Å². The molecule has 0 aromatic carbocycles. The summed E-state index contributed by atoms with van der Waals surface area (Å²) in [5, 5.41) is 0. The summed E-state index contributed by atoms with van der Waals surface area (Å²) in [6, 6.07) is 0. The summed E-state index contributed by atoms with van der Waals surface area (Å²) in [5.74, 6) is 5.08. The molecule has 0 aliphatic heterocycles. The van der Waals surface area contributed by atoms with Gasteiger partial charge in [0.15, 0.2) is 0 Å². The van der Waals surface area contributed by atoms with Crippen molar-refractivity contribution >= 4 is 0 Å². The maximum absolute atomic E-state index is 2.39. The van der Waals surface area contributed by atoms with Crippen LogP contribution in [0.3, 0.4) is 0 Å². The molecule has 50 heavy (non-hydrogen) atoms. The third-order valence-corrected chi connectivity index (χ3v) is 12.6. The molecule has 0 saturated heterocycles. The molecule has 0 atom stereocenters. The van der Waals surface area contributed by atoms with E-state index in [-0.39, 0.29) is 37.1 Å². The summed E-state index contributed by atoms with van der Waals surface area (Å²) in [6.07, 6.45) is 29.5. The normalized spacial score (nSPS) is 20.7. The van der Waals surface area contributed by atoms with Gasteiger partial charge in [-0.3, -0.25) is 0 Å². The molecule has 0 spiro atoms. The first-order valence-electron chi connectivity index (χ1n) is 20.5. The molecular weight excluding hydrogens is 601 g/mol. The molecule has 0 N–H and O–H groups in total. The van der Waals surface area contributed by atoms with Gasteiger partial charge in [0, 0.05) is 0 Å². The van der Waals surface area contributed by atoms with Gasteiger partial charge in [0.25, 0.3) is 0 Å². The molecule has 0 unspecified atom stereocenters. The maximum atomic E-state index is 2.39. The summed E-state index contributed by atoms with van der Waals surface area (Å²) in [5.41, 5.74) is 2.92. The van der Waals surface area contributed by atoms with Crippen LogP contribution in [0.2, 0.25) is 0 Å². The van der Waals surface area contributed by atoms with Crippen LogP contribution in [0.1, 0.15) is 269 Å². The highest BCUT2D eigenvalue weighted by Gasteiger charge is 2.33. The monoisotopic (exact) mass is 711 g/mol. The molecule has 0 bridgehead atoms. The first kappa shape index (κ1) is 59.3. The minimum atomic E-state index is 0. The quantitative estimate of drug-likeness (QED) is 0.220. The van der Waals surface area contributed by atoms with Crippen LogP contribution in [-0.4, -0.2) is 0 Å². The number of hydrogen-bond acceptors (Lipinski definition) is 0. The number of rotatable bonds is 0. The van der Waals surface area contributed by atoms with Gasteiger partial charge >= 0.3 is 0 Å². The highest BCUT2D eigenvalue weighted by atomic mass is 14.4. The lowest BCUT2D eigenvalue weighted by Gasteiger charge is -2.37. The molecule has 5 rings (SSSR count). The Kier molecular flexibility index (Phi) is 31.7. The minimum Gasteiger partial charge on any atom is -0.0776 e. The fourth-order valence-electron chi connectivity index (χ4n) is 8.13. The molecule has 5 saturated carbocycles. The van der Waals surface area contributed by atoms with Crippen molar-refractivity contribution in [2.75, 3.05) is 0 Å². The van der Waals surface area contributed by atoms with Gasteiger partial charge in [0.2, 0.25) is 0 Å². The van der Waals surface area contributed by atoms with Crippen molar-refractivity contribution < 1.29 is 0 Å². The van der Waals surface area contributed by atoms with E-state index >= 15 is 0 Å². The molecular formula is C50H110. The predicted molar refractivity (Wildman–Crippen MR) is 241 cm³/mol. The SMILES string of the molecule is C.C.C.C.C.CC(C)(C)C1CC1.CC(C)(C)C1CCC1.CC(C)(C)C1CCCC1.CC(C)(C)C1CCCCC1.CC(C)(C)C1CCCCCC1. The van der Waals surface area contributed by atoms with Crippen molar-refractivity contribution in [1.29, 1.82) is 0 Å². The molecule has 0 aromatic heterocycles. The molecule has 0 heteroatoms. The summed E-state index contributed by atoms with van der Waals surface area (Å²) in [7, 11) is 0. The minimum absolute atomic E-state index is 0. The molecule has 0 amide bonds. The first-order valence-corrected chi connectivity index (χ1v) is 20.5. The molecule has 0 heterocycles. The Hall–Kier alpha value is 0. The van der Waals surface area contributed by atoms with E-state index in [9.17, 15) is 0 Å². The molecule has 5 fully saturated rings. The van der Waals surface area contributed by atoms with Gasteiger partial charge < -0.3 is 0 Å². The molecule has 310 valence electrons. The highest BCUT2D eigenvalue weighted by molar-refractivity contribution is 4.84. The van der Waals surface area contributed by atoms with Crippen LogP contribution < -0.4 is 0 Å². The molecule has 0 radical (unpaired) electrons. The van der Waals surface area contributed by atoms with Crippen molar-refractivity contribution in [3.05, 3.63) is 0 Å². The number of hydrogen-bond donors (Lipinski definition) is 0. The maximum Gasteiger partial charge on any atom is -0.0354 e. The van der Waals surface area contributed by atoms with Crippen LogP contribution in [0, 0.1) is 56.7 Å². The third kappa shape index (κ3) is 26.7. The Morgan fingerprint density at radius 2 is 0.340 bits per heavy atom. The van der Waals surface area contributed by atoms with Crippen LogP contribution in [0.15, 0.2) is 0 Å². The van der Waals surface area contributed by atoms with E-state index < -0.39 is 0 Å². The van der Waals surface area contributed by atoms with Gasteiger partial charge in [-0.25, -0.2) is 0 Å². The van der Waals surface area contributed by atoms with E-state index in [1.807, 2.05) is 0 Å². The largest absolute Gasteiger partial charge is 0.0776 e. The standard InChI is InChI=1S/C11H22.C10H20.C9H18.C8H16.C7H14.5CH4/c1-11(2,3)10-8-6-4-5-7-9-10;1-10(2,3)9-7-5-4-6-8-9;1-9(2,3)8-6-4-5-7-8;1-8(2,3)7-5-4-6-7;1-7(2,3)6-4-5-6;;;;;/h10H,4-9H2,1-3H3;9H,4-8H2,1-3H3;8H,4-7H2,1-3H3;7H,4-6H2,1-3H3;6H,4-5H2,1-3H3;5*1H4. The van der Waals surface area contributed by atoms with Gasteiger partial charge in [-0.15, -0.1) is 0 Å². The summed E-state index contributed by atoms with van der Waals surface area (Å²) < 4.78 is 0. The summed E-state index contributed by atoms with van der Waals surface area (Å²) >= 11 is 0. The second-order valence-electron chi connectivity index (χ2n) is 21.7. The van der Waals surface area contributed by atoms with Gasteiger partial charge in [0.05, 0.1) is 0 Å². The van der Waals surface area contributed by atoms with E-state index in [0.717, 1.165) is 29.6 Å². The van der Waals surface area contributed by atoms with E-state index in [0.29, 0.717) is 27.1 Å². The van der Waals surface area contributed by atoms with Crippen molar-refractivity contribution in [3.8, 4) is 0 Å². The van der Waals surface area contributed by atoms with Crippen LogP contribution in [0.25, 0.3) is 0 Å². The van der Waals surface area contributed by atoms with Crippen molar-refractivity contribution in [3.63, 3.8) is 0 Å². The van der Waals surface area contributed by atoms with E-state index in [1.165, 1.54) is 128 Å².